The lowest BCUT2D eigenvalue weighted by atomic mass is 10.0. The molecule has 1 N–H and O–H groups in total. The van der Waals surface area contributed by atoms with Gasteiger partial charge < -0.3 is 10.1 Å². The molecule has 1 aromatic heterocycles. The van der Waals surface area contributed by atoms with Crippen LogP contribution in [0.1, 0.15) is 32.3 Å². The number of ether oxygens (including phenoxy) is 1. The van der Waals surface area contributed by atoms with Crippen LogP contribution in [-0.4, -0.2) is 11.6 Å². The molecule has 3 rings (SSSR count). The van der Waals surface area contributed by atoms with Crippen molar-refractivity contribution in [2.24, 2.45) is 0 Å². The Morgan fingerprint density at radius 3 is 2.64 bits per heavy atom. The van der Waals surface area contributed by atoms with Crippen molar-refractivity contribution >= 4 is 32.4 Å². The van der Waals surface area contributed by atoms with Gasteiger partial charge in [0.25, 0.3) is 0 Å². The molecule has 0 saturated carbocycles. The Labute approximate surface area is 135 Å². The third-order valence-electron chi connectivity index (χ3n) is 3.47. The van der Waals surface area contributed by atoms with Crippen LogP contribution in [-0.2, 0) is 0 Å². The molecule has 0 radical (unpaired) electrons. The summed E-state index contributed by atoms with van der Waals surface area (Å²) in [5.41, 5.74) is 3.29. The van der Waals surface area contributed by atoms with Gasteiger partial charge in [0.05, 0.1) is 16.8 Å². The number of fused-ring (bicyclic) bond motifs is 1. The van der Waals surface area contributed by atoms with Crippen LogP contribution < -0.4 is 10.1 Å². The van der Waals surface area contributed by atoms with Crippen LogP contribution in [0.15, 0.2) is 42.5 Å². The lowest BCUT2D eigenvalue weighted by Crippen LogP contribution is -1.98. The molecular weight excluding hydrogens is 292 g/mol. The zero-order valence-electron chi connectivity index (χ0n) is 13.1. The lowest BCUT2D eigenvalue weighted by Gasteiger charge is -2.12. The van der Waals surface area contributed by atoms with E-state index in [-0.39, 0.29) is 0 Å². The van der Waals surface area contributed by atoms with Gasteiger partial charge >= 0.3 is 0 Å². The van der Waals surface area contributed by atoms with Crippen LogP contribution in [0.2, 0.25) is 0 Å². The molecule has 4 heteroatoms. The number of hydrogen-bond donors (Lipinski definition) is 1. The number of rotatable bonds is 5. The average Bonchev–Trinajstić information content (AvgIpc) is 2.89. The zero-order valence-corrected chi connectivity index (χ0v) is 13.9. The van der Waals surface area contributed by atoms with Gasteiger partial charge in [0.1, 0.15) is 5.75 Å². The van der Waals surface area contributed by atoms with E-state index in [4.69, 9.17) is 9.72 Å². The monoisotopic (exact) mass is 312 g/mol. The van der Waals surface area contributed by atoms with E-state index in [0.717, 1.165) is 26.8 Å². The molecule has 3 aromatic rings. The van der Waals surface area contributed by atoms with Crippen LogP contribution in [0.4, 0.5) is 10.8 Å². The number of aromatic nitrogens is 1. The van der Waals surface area contributed by atoms with Gasteiger partial charge in [0, 0.05) is 5.69 Å². The summed E-state index contributed by atoms with van der Waals surface area (Å²) in [6.07, 6.45) is 0. The molecule has 0 aliphatic rings. The Kier molecular flexibility index (Phi) is 4.29. The smallest absolute Gasteiger partial charge is 0.188 e. The minimum absolute atomic E-state index is 0.415. The van der Waals surface area contributed by atoms with Gasteiger partial charge in [-0.25, -0.2) is 4.98 Å². The molecule has 0 atom stereocenters. The number of nitrogens with one attached hydrogen (secondary N) is 1. The van der Waals surface area contributed by atoms with Crippen molar-refractivity contribution in [1.82, 2.24) is 4.98 Å². The van der Waals surface area contributed by atoms with E-state index >= 15 is 0 Å². The molecule has 0 spiro atoms. The summed E-state index contributed by atoms with van der Waals surface area (Å²) in [6, 6.07) is 14.4. The normalized spacial score (nSPS) is 11.1. The number of thiazole rings is 1. The molecule has 0 aliphatic heterocycles. The molecule has 0 saturated heterocycles. The SMILES string of the molecule is CCOc1cc2sc(Nc3ccccc3)nc2cc1C(C)C. The van der Waals surface area contributed by atoms with Crippen LogP contribution >= 0.6 is 11.3 Å². The Morgan fingerprint density at radius 2 is 1.95 bits per heavy atom. The topological polar surface area (TPSA) is 34.1 Å². The van der Waals surface area contributed by atoms with Gasteiger partial charge in [-0.05, 0) is 42.7 Å². The van der Waals surface area contributed by atoms with Crippen LogP contribution in [0.5, 0.6) is 5.75 Å². The van der Waals surface area contributed by atoms with Crippen molar-refractivity contribution < 1.29 is 4.74 Å². The molecule has 0 aliphatic carbocycles. The fourth-order valence-electron chi connectivity index (χ4n) is 2.40. The van der Waals surface area contributed by atoms with Gasteiger partial charge in [-0.15, -0.1) is 0 Å². The van der Waals surface area contributed by atoms with Crippen LogP contribution in [0.3, 0.4) is 0 Å². The quantitative estimate of drug-likeness (QED) is 0.669. The maximum atomic E-state index is 5.79. The maximum Gasteiger partial charge on any atom is 0.188 e. The highest BCUT2D eigenvalue weighted by Gasteiger charge is 2.13. The molecule has 22 heavy (non-hydrogen) atoms. The molecule has 114 valence electrons. The molecular formula is C18H20N2OS. The van der Waals surface area contributed by atoms with Gasteiger partial charge in [0.2, 0.25) is 0 Å². The van der Waals surface area contributed by atoms with Crippen molar-refractivity contribution in [3.63, 3.8) is 0 Å². The van der Waals surface area contributed by atoms with Crippen molar-refractivity contribution in [3.8, 4) is 5.75 Å². The fraction of sp³-hybridized carbons (Fsp3) is 0.278. The molecule has 0 unspecified atom stereocenters. The van der Waals surface area contributed by atoms with Crippen LogP contribution in [0, 0.1) is 0 Å². The van der Waals surface area contributed by atoms with Crippen molar-refractivity contribution in [2.45, 2.75) is 26.7 Å². The minimum Gasteiger partial charge on any atom is -0.494 e. The van der Waals surface area contributed by atoms with Gasteiger partial charge in [-0.1, -0.05) is 43.4 Å². The Morgan fingerprint density at radius 1 is 1.18 bits per heavy atom. The second-order valence-corrected chi connectivity index (χ2v) is 6.49. The molecule has 0 bridgehead atoms. The Bertz CT molecular complexity index is 765. The highest BCUT2D eigenvalue weighted by atomic mass is 32.1. The first kappa shape index (κ1) is 14.9. The molecule has 1 heterocycles. The fourth-order valence-corrected chi connectivity index (χ4v) is 3.30. The molecule has 3 nitrogen and oxygen atoms in total. The third-order valence-corrected chi connectivity index (χ3v) is 4.40. The highest BCUT2D eigenvalue weighted by Crippen LogP contribution is 2.36. The van der Waals surface area contributed by atoms with Crippen molar-refractivity contribution in [2.75, 3.05) is 11.9 Å². The summed E-state index contributed by atoms with van der Waals surface area (Å²) in [7, 11) is 0. The molecule has 0 amide bonds. The largest absolute Gasteiger partial charge is 0.494 e. The summed E-state index contributed by atoms with van der Waals surface area (Å²) < 4.78 is 6.94. The standard InChI is InChI=1S/C18H20N2OS/c1-4-21-16-11-17-15(10-14(16)12(2)3)20-18(22-17)19-13-8-6-5-7-9-13/h5-12H,4H2,1-3H3,(H,19,20). The van der Waals surface area contributed by atoms with E-state index in [1.54, 1.807) is 11.3 Å². The molecule has 2 aromatic carbocycles. The minimum atomic E-state index is 0.415. The van der Waals surface area contributed by atoms with E-state index < -0.39 is 0 Å². The first-order chi connectivity index (χ1) is 10.7. The zero-order chi connectivity index (χ0) is 15.5. The Balaban J connectivity index is 1.98. The van der Waals surface area contributed by atoms with Gasteiger partial charge in [0.15, 0.2) is 5.13 Å². The maximum absolute atomic E-state index is 5.79. The van der Waals surface area contributed by atoms with E-state index in [2.05, 4.69) is 31.3 Å². The average molecular weight is 312 g/mol. The lowest BCUT2D eigenvalue weighted by molar-refractivity contribution is 0.336. The van der Waals surface area contributed by atoms with Crippen molar-refractivity contribution in [3.05, 3.63) is 48.0 Å². The van der Waals surface area contributed by atoms with Gasteiger partial charge in [-0.3, -0.25) is 0 Å². The predicted octanol–water partition coefficient (Wildman–Crippen LogP) is 5.56. The second-order valence-electron chi connectivity index (χ2n) is 5.46. The second kappa shape index (κ2) is 6.36. The van der Waals surface area contributed by atoms with E-state index in [1.165, 1.54) is 5.56 Å². The van der Waals surface area contributed by atoms with E-state index in [0.29, 0.717) is 12.5 Å². The number of para-hydroxylation sites is 1. The summed E-state index contributed by atoms with van der Waals surface area (Å²) in [6.45, 7) is 7.06. The third kappa shape index (κ3) is 3.07. The first-order valence-corrected chi connectivity index (χ1v) is 8.38. The summed E-state index contributed by atoms with van der Waals surface area (Å²) in [5, 5.41) is 4.27. The predicted molar refractivity (Wildman–Crippen MR) is 94.6 cm³/mol. The number of hydrogen-bond acceptors (Lipinski definition) is 4. The van der Waals surface area contributed by atoms with Crippen molar-refractivity contribution in [1.29, 1.82) is 0 Å². The van der Waals surface area contributed by atoms with Gasteiger partial charge in [-0.2, -0.15) is 0 Å². The van der Waals surface area contributed by atoms with E-state index in [9.17, 15) is 0 Å². The van der Waals surface area contributed by atoms with E-state index in [1.807, 2.05) is 37.3 Å². The number of nitrogens with zero attached hydrogens (tertiary/aromatic N) is 1. The summed E-state index contributed by atoms with van der Waals surface area (Å²) >= 11 is 1.65. The number of anilines is 2. The summed E-state index contributed by atoms with van der Waals surface area (Å²) in [5.74, 6) is 1.39. The Hall–Kier alpha value is -2.07. The first-order valence-electron chi connectivity index (χ1n) is 7.56. The highest BCUT2D eigenvalue weighted by molar-refractivity contribution is 7.22. The number of benzene rings is 2. The van der Waals surface area contributed by atoms with Crippen LogP contribution in [0.25, 0.3) is 10.2 Å². The summed E-state index contributed by atoms with van der Waals surface area (Å²) in [4.78, 5) is 4.70. The molecule has 0 fully saturated rings.